The van der Waals surface area contributed by atoms with Gasteiger partial charge >= 0.3 is 0 Å². The van der Waals surface area contributed by atoms with Crippen molar-refractivity contribution in [1.82, 2.24) is 0 Å². The molecule has 0 saturated heterocycles. The van der Waals surface area contributed by atoms with E-state index in [-0.39, 0.29) is 29.3 Å². The number of fused-ring (bicyclic) bond motifs is 3. The fraction of sp³-hybridized carbons (Fsp3) is 0.207. The highest BCUT2D eigenvalue weighted by Gasteiger charge is 2.48. The van der Waals surface area contributed by atoms with Crippen LogP contribution >= 0.6 is 0 Å². The van der Waals surface area contributed by atoms with Crippen LogP contribution in [0.15, 0.2) is 89.4 Å². The topological polar surface area (TPSA) is 46.5 Å². The van der Waals surface area contributed by atoms with Crippen LogP contribution in [-0.2, 0) is 4.79 Å². The van der Waals surface area contributed by atoms with Crippen molar-refractivity contribution in [3.8, 4) is 0 Å². The van der Waals surface area contributed by atoms with Crippen LogP contribution in [0, 0.1) is 12.8 Å². The number of hydrogen-bond acceptors (Lipinski definition) is 3. The van der Waals surface area contributed by atoms with Crippen LogP contribution in [0.25, 0.3) is 5.70 Å². The summed E-state index contributed by atoms with van der Waals surface area (Å²) in [6, 6.07) is 26.2. The number of rotatable bonds is 2. The number of allylic oxidation sites excluding steroid dienone is 1. The van der Waals surface area contributed by atoms with Crippen molar-refractivity contribution in [2.75, 3.05) is 0 Å². The Balaban J connectivity index is 1.52. The Bertz CT molecular complexity index is 1310. The Labute approximate surface area is 187 Å². The monoisotopic (exact) mass is 417 g/mol. The number of aryl methyl sites for hydroxylation is 1. The van der Waals surface area contributed by atoms with Gasteiger partial charge in [0.05, 0.1) is 11.6 Å². The summed E-state index contributed by atoms with van der Waals surface area (Å²) in [4.78, 5) is 32.2. The van der Waals surface area contributed by atoms with Gasteiger partial charge in [0.1, 0.15) is 5.78 Å². The average Bonchev–Trinajstić information content (AvgIpc) is 3.11. The number of carbonyl (C=O) groups excluding carboxylic acids is 2. The molecular formula is C29H23NO2. The molecule has 0 amide bonds. The minimum absolute atomic E-state index is 0.0157. The molecule has 0 radical (unpaired) electrons. The Morgan fingerprint density at radius 3 is 2.16 bits per heavy atom. The number of ketones is 2. The van der Waals surface area contributed by atoms with E-state index in [9.17, 15) is 9.59 Å². The second-order valence-corrected chi connectivity index (χ2v) is 9.09. The van der Waals surface area contributed by atoms with Crippen molar-refractivity contribution in [3.63, 3.8) is 0 Å². The van der Waals surface area contributed by atoms with Crippen molar-refractivity contribution in [1.29, 1.82) is 0 Å². The van der Waals surface area contributed by atoms with E-state index in [1.165, 1.54) is 5.56 Å². The van der Waals surface area contributed by atoms with Gasteiger partial charge in [-0.3, -0.25) is 14.6 Å². The molecule has 3 aliphatic rings. The number of benzene rings is 3. The van der Waals surface area contributed by atoms with Gasteiger partial charge in [0.25, 0.3) is 0 Å². The molecule has 0 spiro atoms. The summed E-state index contributed by atoms with van der Waals surface area (Å²) in [6.07, 6.45) is 1.23. The van der Waals surface area contributed by atoms with E-state index in [4.69, 9.17) is 4.99 Å². The molecule has 3 aromatic carbocycles. The predicted octanol–water partition coefficient (Wildman–Crippen LogP) is 5.90. The van der Waals surface area contributed by atoms with Crippen LogP contribution in [-0.4, -0.2) is 17.3 Å². The third kappa shape index (κ3) is 2.85. The first-order valence-corrected chi connectivity index (χ1v) is 11.2. The summed E-state index contributed by atoms with van der Waals surface area (Å²) in [5, 5.41) is 0. The minimum atomic E-state index is -0.366. The highest BCUT2D eigenvalue weighted by Crippen LogP contribution is 2.51. The Kier molecular flexibility index (Phi) is 4.32. The van der Waals surface area contributed by atoms with E-state index >= 15 is 0 Å². The molecule has 0 bridgehead atoms. The molecule has 6 rings (SSSR count). The lowest BCUT2D eigenvalue weighted by Gasteiger charge is -2.37. The molecule has 3 nitrogen and oxygen atoms in total. The lowest BCUT2D eigenvalue weighted by Crippen LogP contribution is -2.40. The van der Waals surface area contributed by atoms with E-state index in [2.05, 4.69) is 43.3 Å². The van der Waals surface area contributed by atoms with Crippen molar-refractivity contribution in [3.05, 3.63) is 112 Å². The highest BCUT2D eigenvalue weighted by atomic mass is 16.1. The molecule has 0 aromatic heterocycles. The van der Waals surface area contributed by atoms with Crippen molar-refractivity contribution in [2.45, 2.75) is 31.6 Å². The number of hydrogen-bond donors (Lipinski definition) is 0. The maximum atomic E-state index is 13.6. The second-order valence-electron chi connectivity index (χ2n) is 9.09. The summed E-state index contributed by atoms with van der Waals surface area (Å²) in [6.45, 7) is 2.05. The SMILES string of the molecule is Cc1ccc([C@H]2C3=C(N=C4C[C@@H](c5ccccc5)CC(=O)C42)c2ccccc2C3=O)cc1. The summed E-state index contributed by atoms with van der Waals surface area (Å²) in [5.41, 5.74) is 7.33. The molecule has 1 fully saturated rings. The number of aliphatic imine (C=N–C) groups is 1. The van der Waals surface area contributed by atoms with Gasteiger partial charge in [0.2, 0.25) is 0 Å². The summed E-state index contributed by atoms with van der Waals surface area (Å²) in [7, 11) is 0. The van der Waals surface area contributed by atoms with Crippen LogP contribution in [0.1, 0.15) is 57.3 Å². The van der Waals surface area contributed by atoms with Gasteiger partial charge in [-0.15, -0.1) is 0 Å². The fourth-order valence-electron chi connectivity index (χ4n) is 5.60. The van der Waals surface area contributed by atoms with E-state index < -0.39 is 0 Å². The first kappa shape index (κ1) is 19.1. The van der Waals surface area contributed by atoms with Crippen molar-refractivity contribution in [2.24, 2.45) is 10.9 Å². The maximum absolute atomic E-state index is 13.6. The first-order chi connectivity index (χ1) is 15.6. The molecule has 2 aliphatic carbocycles. The quantitative estimate of drug-likeness (QED) is 0.521. The normalized spacial score (nSPS) is 24.0. The highest BCUT2D eigenvalue weighted by molar-refractivity contribution is 6.25. The van der Waals surface area contributed by atoms with Crippen molar-refractivity contribution < 1.29 is 9.59 Å². The predicted molar refractivity (Wildman–Crippen MR) is 126 cm³/mol. The van der Waals surface area contributed by atoms with E-state index in [1.807, 2.05) is 42.5 Å². The third-order valence-corrected chi connectivity index (χ3v) is 7.14. The molecule has 0 N–H and O–H groups in total. The standard InChI is InChI=1S/C29H23NO2/c1-17-11-13-19(14-12-17)25-26-23(15-20(16-24(26)31)18-7-3-2-4-8-18)30-28-21-9-5-6-10-22(21)29(32)27(25)28/h2-14,20,25-26H,15-16H2,1H3/t20-,25-,26?/m1/s1. The van der Waals surface area contributed by atoms with Gasteiger partial charge in [-0.2, -0.15) is 0 Å². The minimum Gasteiger partial charge on any atom is -0.299 e. The van der Waals surface area contributed by atoms with E-state index in [0.717, 1.165) is 34.5 Å². The zero-order valence-corrected chi connectivity index (χ0v) is 17.9. The molecule has 1 aliphatic heterocycles. The molecule has 156 valence electrons. The van der Waals surface area contributed by atoms with E-state index in [1.54, 1.807) is 0 Å². The van der Waals surface area contributed by atoms with Crippen LogP contribution < -0.4 is 0 Å². The Morgan fingerprint density at radius 1 is 0.719 bits per heavy atom. The van der Waals surface area contributed by atoms with Crippen LogP contribution in [0.3, 0.4) is 0 Å². The summed E-state index contributed by atoms with van der Waals surface area (Å²) >= 11 is 0. The van der Waals surface area contributed by atoms with Gasteiger partial charge in [0.15, 0.2) is 5.78 Å². The first-order valence-electron chi connectivity index (χ1n) is 11.2. The number of carbonyl (C=O) groups is 2. The zero-order valence-electron chi connectivity index (χ0n) is 17.9. The third-order valence-electron chi connectivity index (χ3n) is 7.14. The van der Waals surface area contributed by atoms with Gasteiger partial charge in [-0.05, 0) is 30.4 Å². The molecule has 3 heteroatoms. The molecule has 1 saturated carbocycles. The van der Waals surface area contributed by atoms with Gasteiger partial charge in [-0.1, -0.05) is 84.4 Å². The Hall–Kier alpha value is -3.59. The van der Waals surface area contributed by atoms with Gasteiger partial charge in [-0.25, -0.2) is 0 Å². The lowest BCUT2D eigenvalue weighted by atomic mass is 9.66. The van der Waals surface area contributed by atoms with Crippen molar-refractivity contribution >= 4 is 23.0 Å². The van der Waals surface area contributed by atoms with Crippen LogP contribution in [0.2, 0.25) is 0 Å². The average molecular weight is 418 g/mol. The van der Waals surface area contributed by atoms with E-state index in [0.29, 0.717) is 17.6 Å². The fourth-order valence-corrected chi connectivity index (χ4v) is 5.60. The Morgan fingerprint density at radius 2 is 1.41 bits per heavy atom. The lowest BCUT2D eigenvalue weighted by molar-refractivity contribution is -0.122. The maximum Gasteiger partial charge on any atom is 0.192 e. The van der Waals surface area contributed by atoms with Crippen LogP contribution in [0.5, 0.6) is 0 Å². The molecule has 1 heterocycles. The summed E-state index contributed by atoms with van der Waals surface area (Å²) in [5.74, 6) is -0.310. The molecular weight excluding hydrogens is 394 g/mol. The molecule has 3 atom stereocenters. The van der Waals surface area contributed by atoms with Crippen LogP contribution in [0.4, 0.5) is 0 Å². The van der Waals surface area contributed by atoms with Gasteiger partial charge < -0.3 is 0 Å². The van der Waals surface area contributed by atoms with Gasteiger partial charge in [0, 0.05) is 34.8 Å². The number of nitrogens with zero attached hydrogens (tertiary/aromatic N) is 1. The smallest absolute Gasteiger partial charge is 0.192 e. The second kappa shape index (κ2) is 7.23. The molecule has 32 heavy (non-hydrogen) atoms. The largest absolute Gasteiger partial charge is 0.299 e. The zero-order chi connectivity index (χ0) is 21.8. The summed E-state index contributed by atoms with van der Waals surface area (Å²) < 4.78 is 0. The molecule has 1 unspecified atom stereocenters. The number of Topliss-reactive ketones (excluding diaryl/α,β-unsaturated/α-hetero) is 2. The molecule has 3 aromatic rings.